The van der Waals surface area contributed by atoms with Crippen LogP contribution in [0.2, 0.25) is 0 Å². The van der Waals surface area contributed by atoms with E-state index in [4.69, 9.17) is 0 Å². The van der Waals surface area contributed by atoms with E-state index in [1.807, 2.05) is 11.3 Å². The Morgan fingerprint density at radius 3 is 1.74 bits per heavy atom. The predicted molar refractivity (Wildman–Crippen MR) is 233 cm³/mol. The Balaban J connectivity index is 1.29. The van der Waals surface area contributed by atoms with E-state index < -0.39 is 0 Å². The first-order chi connectivity index (χ1) is 26.8. The molecule has 254 valence electrons. The van der Waals surface area contributed by atoms with Gasteiger partial charge in [0, 0.05) is 31.4 Å². The highest BCUT2D eigenvalue weighted by Gasteiger charge is 2.25. The van der Waals surface area contributed by atoms with Crippen LogP contribution >= 0.6 is 11.3 Å². The Bertz CT molecular complexity index is 2940. The van der Waals surface area contributed by atoms with Gasteiger partial charge in [0.1, 0.15) is 0 Å². The average molecular weight is 706 g/mol. The second-order valence-electron chi connectivity index (χ2n) is 13.7. The van der Waals surface area contributed by atoms with E-state index in [1.54, 1.807) is 0 Å². The van der Waals surface area contributed by atoms with E-state index in [-0.39, 0.29) is 0 Å². The molecule has 0 radical (unpaired) electrons. The highest BCUT2D eigenvalue weighted by atomic mass is 32.1. The Kier molecular flexibility index (Phi) is 8.09. The summed E-state index contributed by atoms with van der Waals surface area (Å²) in [6, 6.07) is 77.3. The van der Waals surface area contributed by atoms with Crippen molar-refractivity contribution in [3.8, 4) is 44.5 Å². The molecule has 0 saturated heterocycles. The quantitative estimate of drug-likeness (QED) is 0.160. The first kappa shape index (κ1) is 32.0. The summed E-state index contributed by atoms with van der Waals surface area (Å²) in [4.78, 5) is 2.51. The summed E-state index contributed by atoms with van der Waals surface area (Å²) < 4.78 is 2.56. The summed E-state index contributed by atoms with van der Waals surface area (Å²) >= 11 is 1.86. The van der Waals surface area contributed by atoms with Crippen molar-refractivity contribution in [2.24, 2.45) is 0 Å². The zero-order valence-electron chi connectivity index (χ0n) is 29.6. The number of benzene rings is 9. The normalized spacial score (nSPS) is 11.3. The Labute approximate surface area is 319 Å². The molecule has 0 aliphatic carbocycles. The van der Waals surface area contributed by atoms with Crippen molar-refractivity contribution in [2.45, 2.75) is 0 Å². The van der Waals surface area contributed by atoms with Gasteiger partial charge in [-0.1, -0.05) is 170 Å². The van der Waals surface area contributed by atoms with Gasteiger partial charge in [-0.3, -0.25) is 0 Å². The van der Waals surface area contributed by atoms with Crippen LogP contribution in [-0.2, 0) is 0 Å². The van der Waals surface area contributed by atoms with Crippen LogP contribution in [0.3, 0.4) is 0 Å². The minimum atomic E-state index is 1.10. The molecule has 2 heteroatoms. The number of fused-ring (bicyclic) bond motifs is 4. The van der Waals surface area contributed by atoms with Crippen molar-refractivity contribution < 1.29 is 0 Å². The van der Waals surface area contributed by atoms with Crippen LogP contribution in [0.25, 0.3) is 75.5 Å². The first-order valence-corrected chi connectivity index (χ1v) is 19.2. The number of hydrogen-bond acceptors (Lipinski definition) is 2. The summed E-state index contributed by atoms with van der Waals surface area (Å²) in [5.41, 5.74) is 12.9. The molecule has 0 spiro atoms. The molecule has 0 unspecified atom stereocenters. The van der Waals surface area contributed by atoms with Crippen molar-refractivity contribution in [1.29, 1.82) is 0 Å². The van der Waals surface area contributed by atoms with Crippen molar-refractivity contribution in [3.05, 3.63) is 212 Å². The second kappa shape index (κ2) is 13.7. The molecular formula is C52H35NS. The van der Waals surface area contributed by atoms with Crippen LogP contribution in [0.15, 0.2) is 212 Å². The molecule has 0 aliphatic rings. The molecule has 0 N–H and O–H groups in total. The van der Waals surface area contributed by atoms with E-state index in [9.17, 15) is 0 Å². The van der Waals surface area contributed by atoms with Crippen molar-refractivity contribution in [2.75, 3.05) is 4.90 Å². The highest BCUT2D eigenvalue weighted by Crippen LogP contribution is 2.51. The smallest absolute Gasteiger partial charge is 0.0555 e. The molecule has 1 heterocycles. The number of hydrogen-bond donors (Lipinski definition) is 0. The Morgan fingerprint density at radius 1 is 0.333 bits per heavy atom. The second-order valence-corrected chi connectivity index (χ2v) is 14.8. The molecule has 54 heavy (non-hydrogen) atoms. The van der Waals surface area contributed by atoms with Gasteiger partial charge >= 0.3 is 0 Å². The molecule has 0 atom stereocenters. The van der Waals surface area contributed by atoms with Crippen LogP contribution in [0.5, 0.6) is 0 Å². The third kappa shape index (κ3) is 5.65. The molecule has 0 aliphatic heterocycles. The lowest BCUT2D eigenvalue weighted by atomic mass is 9.87. The molecule has 10 rings (SSSR count). The van der Waals surface area contributed by atoms with Gasteiger partial charge < -0.3 is 4.90 Å². The van der Waals surface area contributed by atoms with E-state index in [2.05, 4.69) is 217 Å². The standard InChI is InChI=1S/C52H35NS/c1-3-17-37(18-4-1)43-24-9-10-25-45(43)51-44(38-19-5-2-6-20-38)27-14-28-47(51)53(48-29-15-31-50-52(48)46-26-11-12-30-49(46)54-50)42-23-13-22-40(35-42)41-33-32-36-16-7-8-21-39(36)34-41/h1-35H. The fourth-order valence-corrected chi connectivity index (χ4v) is 9.11. The maximum absolute atomic E-state index is 2.51. The lowest BCUT2D eigenvalue weighted by Crippen LogP contribution is -2.12. The lowest BCUT2D eigenvalue weighted by molar-refractivity contribution is 1.30. The maximum Gasteiger partial charge on any atom is 0.0555 e. The van der Waals surface area contributed by atoms with Gasteiger partial charge in [-0.2, -0.15) is 0 Å². The molecule has 1 aromatic heterocycles. The Morgan fingerprint density at radius 2 is 0.907 bits per heavy atom. The number of nitrogens with zero attached hydrogens (tertiary/aromatic N) is 1. The molecule has 1 nitrogen and oxygen atoms in total. The van der Waals surface area contributed by atoms with Gasteiger partial charge in [0.2, 0.25) is 0 Å². The topological polar surface area (TPSA) is 3.24 Å². The number of thiophene rings is 1. The summed E-state index contributed by atoms with van der Waals surface area (Å²) in [6.45, 7) is 0. The summed E-state index contributed by atoms with van der Waals surface area (Å²) in [5.74, 6) is 0. The van der Waals surface area contributed by atoms with Crippen LogP contribution in [0, 0.1) is 0 Å². The molecule has 9 aromatic carbocycles. The van der Waals surface area contributed by atoms with E-state index in [0.29, 0.717) is 0 Å². The summed E-state index contributed by atoms with van der Waals surface area (Å²) in [5, 5.41) is 5.02. The summed E-state index contributed by atoms with van der Waals surface area (Å²) in [6.07, 6.45) is 0. The highest BCUT2D eigenvalue weighted by molar-refractivity contribution is 7.26. The summed E-state index contributed by atoms with van der Waals surface area (Å²) in [7, 11) is 0. The molecule has 0 amide bonds. The van der Waals surface area contributed by atoms with Gasteiger partial charge in [0.15, 0.2) is 0 Å². The molecule has 0 bridgehead atoms. The van der Waals surface area contributed by atoms with Crippen LogP contribution in [-0.4, -0.2) is 0 Å². The van der Waals surface area contributed by atoms with Gasteiger partial charge in [-0.05, 0) is 92.2 Å². The van der Waals surface area contributed by atoms with Gasteiger partial charge in [-0.15, -0.1) is 11.3 Å². The molecule has 0 fully saturated rings. The van der Waals surface area contributed by atoms with E-state index in [1.165, 1.54) is 75.5 Å². The molecular weight excluding hydrogens is 671 g/mol. The molecule has 10 aromatic rings. The van der Waals surface area contributed by atoms with Crippen LogP contribution < -0.4 is 4.90 Å². The predicted octanol–water partition coefficient (Wildman–Crippen LogP) is 15.3. The van der Waals surface area contributed by atoms with Crippen molar-refractivity contribution >= 4 is 59.3 Å². The fourth-order valence-electron chi connectivity index (χ4n) is 7.98. The van der Waals surface area contributed by atoms with Crippen molar-refractivity contribution in [3.63, 3.8) is 0 Å². The van der Waals surface area contributed by atoms with Crippen LogP contribution in [0.4, 0.5) is 17.1 Å². The number of rotatable bonds is 7. The average Bonchev–Trinajstić information content (AvgIpc) is 3.64. The Hall–Kier alpha value is -6.74. The lowest BCUT2D eigenvalue weighted by Gasteiger charge is -2.31. The largest absolute Gasteiger partial charge is 0.309 e. The van der Waals surface area contributed by atoms with Gasteiger partial charge in [-0.25, -0.2) is 0 Å². The monoisotopic (exact) mass is 705 g/mol. The first-order valence-electron chi connectivity index (χ1n) is 18.4. The van der Waals surface area contributed by atoms with Crippen LogP contribution in [0.1, 0.15) is 0 Å². The number of anilines is 3. The zero-order valence-corrected chi connectivity index (χ0v) is 30.4. The van der Waals surface area contributed by atoms with Gasteiger partial charge in [0.05, 0.1) is 11.4 Å². The van der Waals surface area contributed by atoms with E-state index in [0.717, 1.165) is 17.1 Å². The SMILES string of the molecule is c1ccc(-c2ccccc2-c2c(-c3ccccc3)cccc2N(c2cccc(-c3ccc4ccccc4c3)c2)c2cccc3sc4ccccc4c23)cc1. The minimum Gasteiger partial charge on any atom is -0.309 e. The fraction of sp³-hybridized carbons (Fsp3) is 0. The third-order valence-corrected chi connectivity index (χ3v) is 11.6. The molecule has 0 saturated carbocycles. The third-order valence-electron chi connectivity index (χ3n) is 10.5. The van der Waals surface area contributed by atoms with Gasteiger partial charge in [0.25, 0.3) is 0 Å². The minimum absolute atomic E-state index is 1.10. The zero-order chi connectivity index (χ0) is 35.8. The maximum atomic E-state index is 2.51. The van der Waals surface area contributed by atoms with Crippen molar-refractivity contribution in [1.82, 2.24) is 0 Å². The van der Waals surface area contributed by atoms with E-state index >= 15 is 0 Å².